The van der Waals surface area contributed by atoms with E-state index in [-0.39, 0.29) is 6.10 Å². The highest BCUT2D eigenvalue weighted by Crippen LogP contribution is 2.19. The van der Waals surface area contributed by atoms with Crippen LogP contribution in [0.1, 0.15) is 6.42 Å². The van der Waals surface area contributed by atoms with Crippen molar-refractivity contribution in [3.8, 4) is 0 Å². The van der Waals surface area contributed by atoms with Crippen LogP contribution in [0.2, 0.25) is 0 Å². The Labute approximate surface area is 119 Å². The average Bonchev–Trinajstić information content (AvgIpc) is 2.55. The summed E-state index contributed by atoms with van der Waals surface area (Å²) in [6.07, 6.45) is 1.21. The summed E-state index contributed by atoms with van der Waals surface area (Å²) < 4.78 is 16.1. The molecule has 2 saturated heterocycles. The first-order chi connectivity index (χ1) is 9.92. The predicted molar refractivity (Wildman–Crippen MR) is 78.3 cm³/mol. The number of morpholine rings is 1. The van der Waals surface area contributed by atoms with Crippen LogP contribution >= 0.6 is 0 Å². The van der Waals surface area contributed by atoms with Crippen molar-refractivity contribution in [1.29, 1.82) is 0 Å². The van der Waals surface area contributed by atoms with Gasteiger partial charge in [-0.1, -0.05) is 0 Å². The lowest BCUT2D eigenvalue weighted by atomic mass is 10.2. The van der Waals surface area contributed by atoms with Crippen LogP contribution < -0.4 is 10.2 Å². The van der Waals surface area contributed by atoms with Crippen molar-refractivity contribution in [2.24, 2.45) is 0 Å². The van der Waals surface area contributed by atoms with Crippen LogP contribution in [-0.4, -0.2) is 52.4 Å². The molecule has 2 aliphatic rings. The molecule has 0 radical (unpaired) electrons. The summed E-state index contributed by atoms with van der Waals surface area (Å²) in [4.78, 5) is 2.36. The van der Waals surface area contributed by atoms with E-state index in [1.165, 1.54) is 5.69 Å². The zero-order valence-electron chi connectivity index (χ0n) is 11.7. The summed E-state index contributed by atoms with van der Waals surface area (Å²) >= 11 is 0. The number of hydrogen-bond acceptors (Lipinski definition) is 5. The van der Waals surface area contributed by atoms with Gasteiger partial charge in [-0.05, 0) is 30.7 Å². The first-order valence-electron chi connectivity index (χ1n) is 7.28. The lowest BCUT2D eigenvalue weighted by Crippen LogP contribution is -2.36. The number of nitrogens with one attached hydrogen (secondary N) is 1. The topological polar surface area (TPSA) is 43.0 Å². The minimum atomic E-state index is 0.252. The normalized spacial score (nSPS) is 23.6. The molecule has 0 aromatic heterocycles. The van der Waals surface area contributed by atoms with Crippen LogP contribution in [0.4, 0.5) is 11.4 Å². The van der Waals surface area contributed by atoms with Crippen LogP contribution in [0.15, 0.2) is 24.3 Å². The molecule has 5 nitrogen and oxygen atoms in total. The quantitative estimate of drug-likeness (QED) is 0.908. The van der Waals surface area contributed by atoms with Crippen LogP contribution in [-0.2, 0) is 14.2 Å². The van der Waals surface area contributed by atoms with Gasteiger partial charge in [-0.3, -0.25) is 0 Å². The van der Waals surface area contributed by atoms with Crippen molar-refractivity contribution < 1.29 is 14.2 Å². The van der Waals surface area contributed by atoms with Crippen molar-refractivity contribution in [3.63, 3.8) is 0 Å². The molecular weight excluding hydrogens is 256 g/mol. The van der Waals surface area contributed by atoms with Crippen LogP contribution in [0.25, 0.3) is 0 Å². The maximum absolute atomic E-state index is 5.51. The fourth-order valence-electron chi connectivity index (χ4n) is 2.51. The molecule has 5 heteroatoms. The monoisotopic (exact) mass is 278 g/mol. The molecule has 0 spiro atoms. The highest BCUT2D eigenvalue weighted by Gasteiger charge is 2.14. The molecule has 1 atom stereocenters. The van der Waals surface area contributed by atoms with Crippen molar-refractivity contribution in [2.45, 2.75) is 12.5 Å². The molecule has 2 heterocycles. The second-order valence-electron chi connectivity index (χ2n) is 5.13. The van der Waals surface area contributed by atoms with Crippen LogP contribution in [0, 0.1) is 0 Å². The Morgan fingerprint density at radius 3 is 2.55 bits per heavy atom. The van der Waals surface area contributed by atoms with E-state index in [0.29, 0.717) is 6.79 Å². The molecule has 110 valence electrons. The largest absolute Gasteiger partial charge is 0.382 e. The first kappa shape index (κ1) is 13.7. The summed E-state index contributed by atoms with van der Waals surface area (Å²) in [5.74, 6) is 0. The zero-order valence-corrected chi connectivity index (χ0v) is 11.7. The maximum atomic E-state index is 5.51. The van der Waals surface area contributed by atoms with E-state index >= 15 is 0 Å². The van der Waals surface area contributed by atoms with Crippen molar-refractivity contribution in [2.75, 3.05) is 56.5 Å². The standard InChI is InChI=1S/C15H22N2O3/c1-3-14(17-6-9-18-10-7-17)4-2-13(1)16-11-15-5-8-19-12-20-15/h1-4,15-16H,5-12H2. The van der Waals surface area contributed by atoms with Gasteiger partial charge in [0.15, 0.2) is 0 Å². The van der Waals surface area contributed by atoms with E-state index in [2.05, 4.69) is 34.5 Å². The van der Waals surface area contributed by atoms with Gasteiger partial charge in [0.2, 0.25) is 0 Å². The van der Waals surface area contributed by atoms with Crippen molar-refractivity contribution in [3.05, 3.63) is 24.3 Å². The molecule has 1 aromatic rings. The summed E-state index contributed by atoms with van der Waals surface area (Å²) in [5.41, 5.74) is 2.40. The van der Waals surface area contributed by atoms with Gasteiger partial charge >= 0.3 is 0 Å². The molecule has 0 saturated carbocycles. The minimum absolute atomic E-state index is 0.252. The molecule has 2 fully saturated rings. The lowest BCUT2D eigenvalue weighted by Gasteiger charge is -2.29. The van der Waals surface area contributed by atoms with Gasteiger partial charge < -0.3 is 24.4 Å². The highest BCUT2D eigenvalue weighted by molar-refractivity contribution is 5.55. The SMILES string of the molecule is c1cc(N2CCOCC2)ccc1NCC1CCOCO1. The molecule has 1 aromatic carbocycles. The van der Waals surface area contributed by atoms with Gasteiger partial charge in [0.1, 0.15) is 6.79 Å². The van der Waals surface area contributed by atoms with Crippen LogP contribution in [0.5, 0.6) is 0 Å². The zero-order chi connectivity index (χ0) is 13.6. The number of benzene rings is 1. The minimum Gasteiger partial charge on any atom is -0.382 e. The summed E-state index contributed by atoms with van der Waals surface area (Å²) in [6.45, 7) is 5.64. The van der Waals surface area contributed by atoms with Crippen molar-refractivity contribution in [1.82, 2.24) is 0 Å². The molecule has 0 bridgehead atoms. The summed E-state index contributed by atoms with van der Waals surface area (Å²) in [5, 5.41) is 3.42. The molecule has 1 unspecified atom stereocenters. The van der Waals surface area contributed by atoms with E-state index in [4.69, 9.17) is 14.2 Å². The number of hydrogen-bond donors (Lipinski definition) is 1. The molecule has 20 heavy (non-hydrogen) atoms. The van der Waals surface area contributed by atoms with Crippen LogP contribution in [0.3, 0.4) is 0 Å². The van der Waals surface area contributed by atoms with Gasteiger partial charge in [-0.25, -0.2) is 0 Å². The molecule has 0 amide bonds. The van der Waals surface area contributed by atoms with E-state index in [1.807, 2.05) is 0 Å². The summed E-state index contributed by atoms with van der Waals surface area (Å²) in [6, 6.07) is 8.59. The molecular formula is C15H22N2O3. The highest BCUT2D eigenvalue weighted by atomic mass is 16.7. The number of nitrogens with zero attached hydrogens (tertiary/aromatic N) is 1. The van der Waals surface area contributed by atoms with Crippen molar-refractivity contribution >= 4 is 11.4 Å². The van der Waals surface area contributed by atoms with E-state index in [0.717, 1.165) is 51.6 Å². The predicted octanol–water partition coefficient (Wildman–Crippen LogP) is 1.70. The number of anilines is 2. The summed E-state index contributed by atoms with van der Waals surface area (Å²) in [7, 11) is 0. The Bertz CT molecular complexity index is 398. The molecule has 2 aliphatic heterocycles. The van der Waals surface area contributed by atoms with Gasteiger partial charge in [-0.2, -0.15) is 0 Å². The maximum Gasteiger partial charge on any atom is 0.147 e. The Morgan fingerprint density at radius 1 is 1.05 bits per heavy atom. The fourth-order valence-corrected chi connectivity index (χ4v) is 2.51. The van der Waals surface area contributed by atoms with E-state index in [1.54, 1.807) is 0 Å². The molecule has 1 N–H and O–H groups in total. The third-order valence-corrected chi connectivity index (χ3v) is 3.75. The second kappa shape index (κ2) is 6.92. The Hall–Kier alpha value is -1.30. The smallest absolute Gasteiger partial charge is 0.147 e. The fraction of sp³-hybridized carbons (Fsp3) is 0.600. The third kappa shape index (κ3) is 3.62. The molecule has 0 aliphatic carbocycles. The Kier molecular flexibility index (Phi) is 4.73. The number of rotatable bonds is 4. The van der Waals surface area contributed by atoms with E-state index < -0.39 is 0 Å². The Morgan fingerprint density at radius 2 is 1.85 bits per heavy atom. The van der Waals surface area contributed by atoms with Gasteiger partial charge in [0.25, 0.3) is 0 Å². The third-order valence-electron chi connectivity index (χ3n) is 3.75. The average molecular weight is 278 g/mol. The first-order valence-corrected chi connectivity index (χ1v) is 7.28. The second-order valence-corrected chi connectivity index (χ2v) is 5.13. The van der Waals surface area contributed by atoms with Gasteiger partial charge in [-0.15, -0.1) is 0 Å². The molecule has 3 rings (SSSR count). The van der Waals surface area contributed by atoms with Gasteiger partial charge in [0.05, 0.1) is 25.9 Å². The lowest BCUT2D eigenvalue weighted by molar-refractivity contribution is -0.133. The van der Waals surface area contributed by atoms with E-state index in [9.17, 15) is 0 Å². The van der Waals surface area contributed by atoms with Gasteiger partial charge in [0, 0.05) is 31.0 Å². The number of ether oxygens (including phenoxy) is 3. The Balaban J connectivity index is 1.50.